The molecule has 1 amide bonds. The normalized spacial score (nSPS) is 10.6. The van der Waals surface area contributed by atoms with Crippen LogP contribution in [0.2, 0.25) is 10.0 Å². The van der Waals surface area contributed by atoms with E-state index in [4.69, 9.17) is 27.9 Å². The van der Waals surface area contributed by atoms with Crippen LogP contribution in [-0.2, 0) is 13.2 Å². The van der Waals surface area contributed by atoms with Crippen LogP contribution >= 0.6 is 23.2 Å². The second kappa shape index (κ2) is 9.69. The Hall–Kier alpha value is -3.28. The Kier molecular flexibility index (Phi) is 6.55. The van der Waals surface area contributed by atoms with Gasteiger partial charge in [-0.2, -0.15) is 5.10 Å². The highest BCUT2D eigenvalue weighted by molar-refractivity contribution is 6.35. The minimum atomic E-state index is -0.173. The van der Waals surface area contributed by atoms with Gasteiger partial charge in [-0.1, -0.05) is 47.5 Å². The van der Waals surface area contributed by atoms with Crippen molar-refractivity contribution in [2.24, 2.45) is 0 Å². The van der Waals surface area contributed by atoms with Gasteiger partial charge in [0.25, 0.3) is 5.91 Å². The fourth-order valence-electron chi connectivity index (χ4n) is 2.98. The van der Waals surface area contributed by atoms with E-state index in [1.165, 1.54) is 0 Å². The van der Waals surface area contributed by atoms with E-state index in [0.29, 0.717) is 34.5 Å². The molecule has 0 spiro atoms. The van der Waals surface area contributed by atoms with Crippen molar-refractivity contribution in [2.45, 2.75) is 13.2 Å². The van der Waals surface area contributed by atoms with Gasteiger partial charge in [-0.15, -0.1) is 0 Å². The lowest BCUT2D eigenvalue weighted by Gasteiger charge is -2.10. The summed E-state index contributed by atoms with van der Waals surface area (Å²) in [4.78, 5) is 12.5. The number of carbonyl (C=O) groups is 1. The summed E-state index contributed by atoms with van der Waals surface area (Å²) in [5, 5.41) is 8.12. The van der Waals surface area contributed by atoms with Gasteiger partial charge in [0, 0.05) is 28.7 Å². The number of nitrogens with zero attached hydrogens (tertiary/aromatic N) is 2. The Labute approximate surface area is 190 Å². The molecule has 0 unspecified atom stereocenters. The molecule has 5 nitrogen and oxygen atoms in total. The summed E-state index contributed by atoms with van der Waals surface area (Å²) in [5.41, 5.74) is 3.32. The van der Waals surface area contributed by atoms with Crippen molar-refractivity contribution in [2.75, 3.05) is 5.32 Å². The Morgan fingerprint density at radius 2 is 1.71 bits per heavy atom. The van der Waals surface area contributed by atoms with Crippen LogP contribution in [-0.4, -0.2) is 15.7 Å². The van der Waals surface area contributed by atoms with Crippen molar-refractivity contribution < 1.29 is 9.53 Å². The molecule has 1 N–H and O–H groups in total. The first-order valence-corrected chi connectivity index (χ1v) is 10.4. The number of amides is 1. The minimum Gasteiger partial charge on any atom is -0.487 e. The molecule has 31 heavy (non-hydrogen) atoms. The molecule has 3 aromatic carbocycles. The van der Waals surface area contributed by atoms with Crippen molar-refractivity contribution in [3.8, 4) is 5.75 Å². The molecular weight excluding hydrogens is 433 g/mol. The van der Waals surface area contributed by atoms with Crippen LogP contribution in [0.1, 0.15) is 21.5 Å². The Morgan fingerprint density at radius 1 is 0.968 bits per heavy atom. The van der Waals surface area contributed by atoms with E-state index in [2.05, 4.69) is 10.4 Å². The Balaban J connectivity index is 1.32. The van der Waals surface area contributed by atoms with Crippen LogP contribution in [0.5, 0.6) is 5.75 Å². The lowest BCUT2D eigenvalue weighted by atomic mass is 10.1. The highest BCUT2D eigenvalue weighted by Crippen LogP contribution is 2.28. The highest BCUT2D eigenvalue weighted by Gasteiger charge is 2.08. The van der Waals surface area contributed by atoms with Crippen molar-refractivity contribution in [1.82, 2.24) is 9.78 Å². The maximum atomic E-state index is 12.5. The van der Waals surface area contributed by atoms with Crippen LogP contribution in [0.15, 0.2) is 85.2 Å². The molecule has 0 aliphatic rings. The fourth-order valence-corrected chi connectivity index (χ4v) is 3.45. The predicted octanol–water partition coefficient (Wildman–Crippen LogP) is 6.07. The number of carbonyl (C=O) groups excluding carboxylic acids is 1. The summed E-state index contributed by atoms with van der Waals surface area (Å²) < 4.78 is 7.57. The Bertz CT molecular complexity index is 1160. The topological polar surface area (TPSA) is 56.2 Å². The standard InChI is InChI=1S/C24H19Cl2N3O2/c25-20-8-11-23(22(26)14-20)31-16-18-2-6-19(7-3-18)24(30)28-21-9-4-17(5-10-21)15-29-13-1-12-27-29/h1-14H,15-16H2,(H,28,30). The van der Waals surface area contributed by atoms with Crippen molar-refractivity contribution in [3.63, 3.8) is 0 Å². The molecule has 0 aliphatic carbocycles. The first-order chi connectivity index (χ1) is 15.1. The van der Waals surface area contributed by atoms with Crippen LogP contribution in [0.25, 0.3) is 0 Å². The van der Waals surface area contributed by atoms with Gasteiger partial charge in [-0.05, 0) is 59.7 Å². The van der Waals surface area contributed by atoms with Crippen LogP contribution < -0.4 is 10.1 Å². The minimum absolute atomic E-state index is 0.173. The largest absolute Gasteiger partial charge is 0.487 e. The molecule has 0 saturated heterocycles. The molecule has 0 aliphatic heterocycles. The lowest BCUT2D eigenvalue weighted by Crippen LogP contribution is -2.12. The SMILES string of the molecule is O=C(Nc1ccc(Cn2cccn2)cc1)c1ccc(COc2ccc(Cl)cc2Cl)cc1. The predicted molar refractivity (Wildman–Crippen MR) is 123 cm³/mol. The molecule has 0 radical (unpaired) electrons. The molecule has 1 heterocycles. The van der Waals surface area contributed by atoms with E-state index in [-0.39, 0.29) is 5.91 Å². The zero-order chi connectivity index (χ0) is 21.6. The first-order valence-electron chi connectivity index (χ1n) is 9.61. The second-order valence-electron chi connectivity index (χ2n) is 6.92. The highest BCUT2D eigenvalue weighted by atomic mass is 35.5. The number of hydrogen-bond acceptors (Lipinski definition) is 3. The lowest BCUT2D eigenvalue weighted by molar-refractivity contribution is 0.102. The molecule has 4 rings (SSSR count). The van der Waals surface area contributed by atoms with Gasteiger partial charge >= 0.3 is 0 Å². The van der Waals surface area contributed by atoms with Gasteiger partial charge in [-0.25, -0.2) is 0 Å². The number of rotatable bonds is 7. The molecule has 0 fully saturated rings. The van der Waals surface area contributed by atoms with E-state index in [9.17, 15) is 4.79 Å². The number of aromatic nitrogens is 2. The van der Waals surface area contributed by atoms with Crippen molar-refractivity contribution in [3.05, 3.63) is 112 Å². The summed E-state index contributed by atoms with van der Waals surface area (Å²) in [6, 6.07) is 21.9. The van der Waals surface area contributed by atoms with Gasteiger partial charge in [0.15, 0.2) is 0 Å². The van der Waals surface area contributed by atoms with Crippen LogP contribution in [0.4, 0.5) is 5.69 Å². The average Bonchev–Trinajstić information content (AvgIpc) is 3.28. The molecule has 1 aromatic heterocycles. The zero-order valence-electron chi connectivity index (χ0n) is 16.5. The third-order valence-corrected chi connectivity index (χ3v) is 5.15. The number of halogens is 2. The summed E-state index contributed by atoms with van der Waals surface area (Å²) in [6.45, 7) is 1.02. The molecule has 0 saturated carbocycles. The zero-order valence-corrected chi connectivity index (χ0v) is 18.0. The number of nitrogens with one attached hydrogen (secondary N) is 1. The van der Waals surface area contributed by atoms with Gasteiger partial charge in [0.2, 0.25) is 0 Å². The summed E-state index contributed by atoms with van der Waals surface area (Å²) >= 11 is 12.0. The maximum absolute atomic E-state index is 12.5. The van der Waals surface area contributed by atoms with E-state index in [0.717, 1.165) is 16.8 Å². The fraction of sp³-hybridized carbons (Fsp3) is 0.0833. The van der Waals surface area contributed by atoms with Crippen molar-refractivity contribution in [1.29, 1.82) is 0 Å². The molecule has 0 atom stereocenters. The quantitative estimate of drug-likeness (QED) is 0.370. The smallest absolute Gasteiger partial charge is 0.255 e. The molecule has 7 heteroatoms. The number of benzene rings is 3. The molecule has 0 bridgehead atoms. The summed E-state index contributed by atoms with van der Waals surface area (Å²) in [7, 11) is 0. The van der Waals surface area contributed by atoms with E-state index < -0.39 is 0 Å². The number of anilines is 1. The van der Waals surface area contributed by atoms with E-state index in [1.54, 1.807) is 36.5 Å². The Morgan fingerprint density at radius 3 is 2.39 bits per heavy atom. The van der Waals surface area contributed by atoms with Crippen LogP contribution in [0, 0.1) is 0 Å². The van der Waals surface area contributed by atoms with E-state index in [1.807, 2.05) is 53.3 Å². The second-order valence-corrected chi connectivity index (χ2v) is 7.76. The summed E-state index contributed by atoms with van der Waals surface area (Å²) in [6.07, 6.45) is 3.66. The molecule has 156 valence electrons. The van der Waals surface area contributed by atoms with Gasteiger partial charge in [0.05, 0.1) is 11.6 Å². The first kappa shape index (κ1) is 21.0. The molecular formula is C24H19Cl2N3O2. The third kappa shape index (κ3) is 5.66. The van der Waals surface area contributed by atoms with Gasteiger partial charge in [-0.3, -0.25) is 9.48 Å². The van der Waals surface area contributed by atoms with Crippen molar-refractivity contribution >= 4 is 34.8 Å². The van der Waals surface area contributed by atoms with Gasteiger partial charge in [0.1, 0.15) is 12.4 Å². The van der Waals surface area contributed by atoms with Gasteiger partial charge < -0.3 is 10.1 Å². The number of ether oxygens (including phenoxy) is 1. The monoisotopic (exact) mass is 451 g/mol. The van der Waals surface area contributed by atoms with Crippen LogP contribution in [0.3, 0.4) is 0 Å². The summed E-state index contributed by atoms with van der Waals surface area (Å²) in [5.74, 6) is 0.386. The van der Waals surface area contributed by atoms with E-state index >= 15 is 0 Å². The average molecular weight is 452 g/mol. The molecule has 4 aromatic rings. The maximum Gasteiger partial charge on any atom is 0.255 e. The number of hydrogen-bond donors (Lipinski definition) is 1. The third-order valence-electron chi connectivity index (χ3n) is 4.62.